The summed E-state index contributed by atoms with van der Waals surface area (Å²) in [5, 5.41) is 3.45. The largest absolute Gasteiger partial charge is 0.325 e. The Kier molecular flexibility index (Phi) is 5.98. The molecule has 5 nitrogen and oxygen atoms in total. The lowest BCUT2D eigenvalue weighted by Crippen LogP contribution is -2.27. The molecule has 0 fully saturated rings. The first-order valence-electron chi connectivity index (χ1n) is 10.7. The van der Waals surface area contributed by atoms with Crippen molar-refractivity contribution in [2.24, 2.45) is 0 Å². The van der Waals surface area contributed by atoms with Gasteiger partial charge in [0.2, 0.25) is 5.91 Å². The highest BCUT2D eigenvalue weighted by Crippen LogP contribution is 2.36. The molecule has 0 aliphatic heterocycles. The Morgan fingerprint density at radius 2 is 1.78 bits per heavy atom. The highest BCUT2D eigenvalue weighted by molar-refractivity contribution is 7.19. The summed E-state index contributed by atoms with van der Waals surface area (Å²) in [6.45, 7) is 10.3. The van der Waals surface area contributed by atoms with Gasteiger partial charge in [0.05, 0.1) is 11.7 Å². The zero-order valence-electron chi connectivity index (χ0n) is 19.0. The first-order chi connectivity index (χ1) is 15.2. The monoisotopic (exact) mass is 445 g/mol. The van der Waals surface area contributed by atoms with Crippen LogP contribution in [-0.4, -0.2) is 15.5 Å². The molecule has 1 N–H and O–H groups in total. The smallest absolute Gasteiger partial charge is 0.263 e. The Bertz CT molecular complexity index is 1360. The van der Waals surface area contributed by atoms with E-state index in [1.54, 1.807) is 0 Å². The molecule has 2 heterocycles. The van der Waals surface area contributed by atoms with Gasteiger partial charge in [-0.25, -0.2) is 4.98 Å². The molecule has 0 bridgehead atoms. The number of aryl methyl sites for hydroxylation is 3. The normalized spacial score (nSPS) is 11.3. The van der Waals surface area contributed by atoms with Crippen molar-refractivity contribution < 1.29 is 4.79 Å². The lowest BCUT2D eigenvalue weighted by Gasteiger charge is -2.10. The van der Waals surface area contributed by atoms with Gasteiger partial charge < -0.3 is 5.32 Å². The molecule has 0 unspecified atom stereocenters. The van der Waals surface area contributed by atoms with Crippen LogP contribution in [0.1, 0.15) is 41.3 Å². The maximum Gasteiger partial charge on any atom is 0.263 e. The van der Waals surface area contributed by atoms with Crippen molar-refractivity contribution in [1.82, 2.24) is 9.55 Å². The lowest BCUT2D eigenvalue weighted by atomic mass is 9.99. The van der Waals surface area contributed by atoms with Gasteiger partial charge in [-0.15, -0.1) is 11.3 Å². The van der Waals surface area contributed by atoms with Crippen molar-refractivity contribution in [3.8, 4) is 11.1 Å². The average molecular weight is 446 g/mol. The minimum absolute atomic E-state index is 0.0883. The lowest BCUT2D eigenvalue weighted by molar-refractivity contribution is -0.116. The van der Waals surface area contributed by atoms with E-state index in [2.05, 4.69) is 50.1 Å². The summed E-state index contributed by atoms with van der Waals surface area (Å²) in [5.74, 6) is 0.168. The number of hydrogen-bond donors (Lipinski definition) is 1. The summed E-state index contributed by atoms with van der Waals surface area (Å²) in [4.78, 5) is 32.2. The van der Waals surface area contributed by atoms with Crippen LogP contribution < -0.4 is 10.9 Å². The number of rotatable bonds is 5. The van der Waals surface area contributed by atoms with Crippen molar-refractivity contribution >= 4 is 33.1 Å². The Morgan fingerprint density at radius 3 is 2.44 bits per heavy atom. The molecule has 2 aromatic carbocycles. The second kappa shape index (κ2) is 8.71. The summed E-state index contributed by atoms with van der Waals surface area (Å²) in [6.07, 6.45) is 1.46. The Labute approximate surface area is 191 Å². The number of benzene rings is 2. The van der Waals surface area contributed by atoms with Gasteiger partial charge >= 0.3 is 0 Å². The SMILES string of the molecule is Cc1ccc(-c2c(C)sc3ncn(CC(=O)Nc4ccc(C(C)C)cc4)c(=O)c23)cc1C. The molecule has 0 atom stereocenters. The Hall–Kier alpha value is -3.25. The Balaban J connectivity index is 1.65. The minimum Gasteiger partial charge on any atom is -0.325 e. The number of thiophene rings is 1. The van der Waals surface area contributed by atoms with Crippen LogP contribution in [-0.2, 0) is 11.3 Å². The number of carbonyl (C=O) groups excluding carboxylic acids is 1. The van der Waals surface area contributed by atoms with Gasteiger partial charge in [0.15, 0.2) is 0 Å². The Morgan fingerprint density at radius 1 is 1.06 bits per heavy atom. The molecule has 1 amide bonds. The zero-order valence-corrected chi connectivity index (χ0v) is 19.8. The predicted molar refractivity (Wildman–Crippen MR) is 133 cm³/mol. The van der Waals surface area contributed by atoms with Gasteiger partial charge in [-0.2, -0.15) is 0 Å². The summed E-state index contributed by atoms with van der Waals surface area (Å²) in [7, 11) is 0. The zero-order chi connectivity index (χ0) is 23.0. The number of nitrogens with zero attached hydrogens (tertiary/aromatic N) is 2. The third kappa shape index (κ3) is 4.23. The topological polar surface area (TPSA) is 64.0 Å². The summed E-state index contributed by atoms with van der Waals surface area (Å²) in [6, 6.07) is 14.0. The van der Waals surface area contributed by atoms with Crippen LogP contribution in [0.5, 0.6) is 0 Å². The molecule has 4 rings (SSSR count). The fraction of sp³-hybridized carbons (Fsp3) is 0.269. The van der Waals surface area contributed by atoms with Crippen LogP contribution in [0.4, 0.5) is 5.69 Å². The van der Waals surface area contributed by atoms with E-state index in [0.29, 0.717) is 21.8 Å². The van der Waals surface area contributed by atoms with E-state index < -0.39 is 0 Å². The molecule has 164 valence electrons. The van der Waals surface area contributed by atoms with E-state index in [1.165, 1.54) is 38.9 Å². The molecule has 32 heavy (non-hydrogen) atoms. The molecule has 0 aliphatic carbocycles. The fourth-order valence-electron chi connectivity index (χ4n) is 3.80. The van der Waals surface area contributed by atoms with E-state index in [4.69, 9.17) is 0 Å². The second-order valence-electron chi connectivity index (χ2n) is 8.51. The van der Waals surface area contributed by atoms with Crippen molar-refractivity contribution in [3.63, 3.8) is 0 Å². The van der Waals surface area contributed by atoms with Gasteiger partial charge in [-0.1, -0.05) is 44.2 Å². The van der Waals surface area contributed by atoms with Crippen LogP contribution in [0.3, 0.4) is 0 Å². The molecule has 2 aromatic heterocycles. The predicted octanol–water partition coefficient (Wildman–Crippen LogP) is 5.81. The van der Waals surface area contributed by atoms with Crippen LogP contribution in [0, 0.1) is 20.8 Å². The number of fused-ring (bicyclic) bond motifs is 1. The van der Waals surface area contributed by atoms with E-state index in [1.807, 2.05) is 37.3 Å². The standard InChI is InChI=1S/C26H27N3O2S/c1-15(2)19-8-10-21(11-9-19)28-22(30)13-29-14-27-25-24(26(29)31)23(18(5)32-25)20-7-6-16(3)17(4)12-20/h6-12,14-15H,13H2,1-5H3,(H,28,30). The molecule has 0 radical (unpaired) electrons. The summed E-state index contributed by atoms with van der Waals surface area (Å²) in [5.41, 5.74) is 6.02. The van der Waals surface area contributed by atoms with E-state index >= 15 is 0 Å². The highest BCUT2D eigenvalue weighted by Gasteiger charge is 2.18. The highest BCUT2D eigenvalue weighted by atomic mass is 32.1. The van der Waals surface area contributed by atoms with Gasteiger partial charge in [0.25, 0.3) is 5.56 Å². The maximum atomic E-state index is 13.3. The fourth-order valence-corrected chi connectivity index (χ4v) is 4.80. The molecule has 0 saturated carbocycles. The summed E-state index contributed by atoms with van der Waals surface area (Å²) < 4.78 is 1.39. The number of carbonyl (C=O) groups is 1. The summed E-state index contributed by atoms with van der Waals surface area (Å²) >= 11 is 1.51. The third-order valence-corrected chi connectivity index (χ3v) is 6.84. The first kappa shape index (κ1) is 22.0. The van der Waals surface area contributed by atoms with Gasteiger partial charge in [-0.3, -0.25) is 14.2 Å². The van der Waals surface area contributed by atoms with Crippen molar-refractivity contribution in [2.45, 2.75) is 47.1 Å². The van der Waals surface area contributed by atoms with E-state index in [0.717, 1.165) is 16.0 Å². The molecule has 4 aromatic rings. The molecule has 0 aliphatic rings. The number of hydrogen-bond acceptors (Lipinski definition) is 4. The molecular weight excluding hydrogens is 418 g/mol. The van der Waals surface area contributed by atoms with Crippen molar-refractivity contribution in [1.29, 1.82) is 0 Å². The molecule has 0 spiro atoms. The van der Waals surface area contributed by atoms with Gasteiger partial charge in [0.1, 0.15) is 11.4 Å². The third-order valence-electron chi connectivity index (χ3n) is 5.83. The second-order valence-corrected chi connectivity index (χ2v) is 9.72. The van der Waals surface area contributed by atoms with E-state index in [-0.39, 0.29) is 18.0 Å². The van der Waals surface area contributed by atoms with Crippen molar-refractivity contribution in [3.05, 3.63) is 80.7 Å². The maximum absolute atomic E-state index is 13.3. The number of aromatic nitrogens is 2. The van der Waals surface area contributed by atoms with Crippen LogP contribution in [0.2, 0.25) is 0 Å². The van der Waals surface area contributed by atoms with E-state index in [9.17, 15) is 9.59 Å². The van der Waals surface area contributed by atoms with Gasteiger partial charge in [0, 0.05) is 16.1 Å². The molecule has 0 saturated heterocycles. The average Bonchev–Trinajstić information content (AvgIpc) is 3.09. The molecular formula is C26H27N3O2S. The van der Waals surface area contributed by atoms with Crippen LogP contribution in [0.15, 0.2) is 53.6 Å². The molecule has 6 heteroatoms. The van der Waals surface area contributed by atoms with Gasteiger partial charge in [-0.05, 0) is 61.1 Å². The first-order valence-corrected chi connectivity index (χ1v) is 11.5. The van der Waals surface area contributed by atoms with Crippen LogP contribution in [0.25, 0.3) is 21.3 Å². The van der Waals surface area contributed by atoms with Crippen LogP contribution >= 0.6 is 11.3 Å². The number of nitrogens with one attached hydrogen (secondary N) is 1. The minimum atomic E-state index is -0.259. The number of amides is 1. The quantitative estimate of drug-likeness (QED) is 0.421. The van der Waals surface area contributed by atoms with Crippen molar-refractivity contribution in [2.75, 3.05) is 5.32 Å². The number of anilines is 1.